The maximum Gasteiger partial charge on any atom is 0.335 e. The zero-order valence-electron chi connectivity index (χ0n) is 10.5. The van der Waals surface area contributed by atoms with E-state index in [0.717, 1.165) is 11.0 Å². The fourth-order valence-corrected chi connectivity index (χ4v) is 2.19. The molecular weight excluding hydrogens is 274 g/mol. The Morgan fingerprint density at radius 3 is 2.48 bits per heavy atom. The van der Waals surface area contributed by atoms with E-state index >= 15 is 0 Å². The first-order valence-electron chi connectivity index (χ1n) is 5.96. The molecule has 2 aromatic carbocycles. The molecule has 0 atom stereocenters. The van der Waals surface area contributed by atoms with Crippen LogP contribution in [0, 0.1) is 6.07 Å². The van der Waals surface area contributed by atoms with E-state index in [1.807, 2.05) is 0 Å². The molecule has 2 aromatic rings. The molecule has 0 unspecified atom stereocenters. The highest BCUT2D eigenvalue weighted by atomic mass is 16.4. The Labute approximate surface area is 118 Å². The van der Waals surface area contributed by atoms with Gasteiger partial charge in [-0.2, -0.15) is 0 Å². The van der Waals surface area contributed by atoms with Crippen LogP contribution in [-0.4, -0.2) is 28.0 Å². The van der Waals surface area contributed by atoms with Crippen molar-refractivity contribution in [3.05, 3.63) is 59.2 Å². The summed E-state index contributed by atoms with van der Waals surface area (Å²) in [6.07, 6.45) is 0. The third-order valence-electron chi connectivity index (χ3n) is 3.19. The lowest BCUT2D eigenvalue weighted by atomic mass is 10.1. The Bertz CT molecular complexity index is 796. The number of carboxylic acid groups (broad SMARTS) is 1. The summed E-state index contributed by atoms with van der Waals surface area (Å²) < 4.78 is 0. The number of hydrogen-bond acceptors (Lipinski definition) is 4. The Hall–Kier alpha value is -3.15. The van der Waals surface area contributed by atoms with Crippen molar-refractivity contribution < 1.29 is 24.6 Å². The highest BCUT2D eigenvalue weighted by Crippen LogP contribution is 2.34. The van der Waals surface area contributed by atoms with Crippen LogP contribution in [0.3, 0.4) is 0 Å². The maximum atomic E-state index is 12.3. The van der Waals surface area contributed by atoms with Crippen LogP contribution in [0.1, 0.15) is 31.1 Å². The highest BCUT2D eigenvalue weighted by molar-refractivity contribution is 6.35. The standard InChI is InChI=1S/C15H8NO5/c17-12-4-2-1-3-11(12)16-13(18)9-6-5-8(15(20)21)7-10(9)14(16)19/h2-7,17H,(H,20,21). The molecule has 1 heterocycles. The number of benzene rings is 2. The van der Waals surface area contributed by atoms with Crippen LogP contribution in [-0.2, 0) is 0 Å². The number of rotatable bonds is 2. The minimum Gasteiger partial charge on any atom is -0.506 e. The fraction of sp³-hybridized carbons (Fsp3) is 0. The van der Waals surface area contributed by atoms with Gasteiger partial charge < -0.3 is 10.2 Å². The largest absolute Gasteiger partial charge is 0.506 e. The minimum atomic E-state index is -1.19. The summed E-state index contributed by atoms with van der Waals surface area (Å²) in [5.41, 5.74) is 0.0394. The molecule has 103 valence electrons. The zero-order chi connectivity index (χ0) is 15.1. The number of aromatic carboxylic acids is 1. The van der Waals surface area contributed by atoms with E-state index in [9.17, 15) is 19.5 Å². The van der Waals surface area contributed by atoms with Gasteiger partial charge in [0.2, 0.25) is 0 Å². The summed E-state index contributed by atoms with van der Waals surface area (Å²) in [7, 11) is 0. The predicted octanol–water partition coefficient (Wildman–Crippen LogP) is 1.69. The number of aromatic hydroxyl groups is 1. The SMILES string of the molecule is O=C(O)c1ccc2c(c1)C(=O)N(c1c[c]ccc1O)C2=O. The van der Waals surface area contributed by atoms with Gasteiger partial charge in [-0.1, -0.05) is 6.07 Å². The molecule has 0 fully saturated rings. The second-order valence-electron chi connectivity index (χ2n) is 4.43. The molecule has 0 spiro atoms. The summed E-state index contributed by atoms with van der Waals surface area (Å²) >= 11 is 0. The highest BCUT2D eigenvalue weighted by Gasteiger charge is 2.38. The van der Waals surface area contributed by atoms with E-state index in [2.05, 4.69) is 6.07 Å². The normalized spacial score (nSPS) is 13.4. The van der Waals surface area contributed by atoms with Crippen LogP contribution in [0.25, 0.3) is 0 Å². The molecule has 1 aliphatic rings. The van der Waals surface area contributed by atoms with E-state index < -0.39 is 17.8 Å². The molecule has 2 N–H and O–H groups in total. The Morgan fingerprint density at radius 2 is 1.81 bits per heavy atom. The number of fused-ring (bicyclic) bond motifs is 1. The van der Waals surface area contributed by atoms with Crippen molar-refractivity contribution >= 4 is 23.5 Å². The van der Waals surface area contributed by atoms with Gasteiger partial charge in [0, 0.05) is 0 Å². The number of nitrogens with zero attached hydrogens (tertiary/aromatic N) is 1. The Morgan fingerprint density at radius 1 is 1.10 bits per heavy atom. The van der Waals surface area contributed by atoms with Gasteiger partial charge in [0.25, 0.3) is 11.8 Å². The molecule has 0 aromatic heterocycles. The number of amides is 2. The van der Waals surface area contributed by atoms with Gasteiger partial charge in [-0.05, 0) is 36.4 Å². The second-order valence-corrected chi connectivity index (χ2v) is 4.43. The monoisotopic (exact) mass is 282 g/mol. The van der Waals surface area contributed by atoms with Crippen molar-refractivity contribution in [2.24, 2.45) is 0 Å². The quantitative estimate of drug-likeness (QED) is 0.817. The van der Waals surface area contributed by atoms with Crippen LogP contribution >= 0.6 is 0 Å². The molecule has 1 radical (unpaired) electrons. The average Bonchev–Trinajstić information content (AvgIpc) is 2.71. The van der Waals surface area contributed by atoms with Crippen molar-refractivity contribution in [2.45, 2.75) is 0 Å². The molecule has 0 saturated heterocycles. The summed E-state index contributed by atoms with van der Waals surface area (Å²) in [4.78, 5) is 36.3. The number of carbonyl (C=O) groups is 3. The van der Waals surface area contributed by atoms with Gasteiger partial charge in [-0.15, -0.1) is 0 Å². The maximum absolute atomic E-state index is 12.3. The van der Waals surface area contributed by atoms with E-state index in [1.165, 1.54) is 30.3 Å². The number of phenols is 1. The number of carbonyl (C=O) groups excluding carboxylic acids is 2. The predicted molar refractivity (Wildman–Crippen MR) is 71.5 cm³/mol. The summed E-state index contributed by atoms with van der Waals surface area (Å²) in [5, 5.41) is 18.7. The minimum absolute atomic E-state index is 0.00292. The number of phenolic OH excluding ortho intramolecular Hbond substituents is 1. The van der Waals surface area contributed by atoms with Gasteiger partial charge in [-0.25, -0.2) is 9.69 Å². The van der Waals surface area contributed by atoms with Crippen LogP contribution in [0.5, 0.6) is 5.75 Å². The van der Waals surface area contributed by atoms with Crippen molar-refractivity contribution in [3.8, 4) is 5.75 Å². The Balaban J connectivity index is 2.13. The molecule has 0 bridgehead atoms. The number of imide groups is 1. The molecule has 3 rings (SSSR count). The van der Waals surface area contributed by atoms with Gasteiger partial charge in [0.05, 0.1) is 22.4 Å². The molecular formula is C15H8NO5. The first-order valence-corrected chi connectivity index (χ1v) is 5.96. The van der Waals surface area contributed by atoms with Crippen molar-refractivity contribution in [2.75, 3.05) is 4.90 Å². The van der Waals surface area contributed by atoms with Gasteiger partial charge in [0.1, 0.15) is 5.75 Å². The molecule has 21 heavy (non-hydrogen) atoms. The molecule has 6 nitrogen and oxygen atoms in total. The first kappa shape index (κ1) is 12.9. The lowest BCUT2D eigenvalue weighted by molar-refractivity contribution is 0.0696. The van der Waals surface area contributed by atoms with Gasteiger partial charge >= 0.3 is 5.97 Å². The molecule has 2 amide bonds. The van der Waals surface area contributed by atoms with E-state index in [4.69, 9.17) is 5.11 Å². The third kappa shape index (κ3) is 1.85. The molecule has 0 saturated carbocycles. The summed E-state index contributed by atoms with van der Waals surface area (Å²) in [6, 6.07) is 10.4. The average molecular weight is 282 g/mol. The van der Waals surface area contributed by atoms with Crippen molar-refractivity contribution in [3.63, 3.8) is 0 Å². The smallest absolute Gasteiger partial charge is 0.335 e. The Kier molecular flexibility index (Phi) is 2.72. The second kappa shape index (κ2) is 4.45. The lowest BCUT2D eigenvalue weighted by Crippen LogP contribution is -2.29. The van der Waals surface area contributed by atoms with Crippen LogP contribution in [0.15, 0.2) is 36.4 Å². The first-order chi connectivity index (χ1) is 10.0. The lowest BCUT2D eigenvalue weighted by Gasteiger charge is -2.14. The van der Waals surface area contributed by atoms with Gasteiger partial charge in [0.15, 0.2) is 0 Å². The molecule has 6 heteroatoms. The topological polar surface area (TPSA) is 94.9 Å². The van der Waals surface area contributed by atoms with E-state index in [1.54, 1.807) is 0 Å². The van der Waals surface area contributed by atoms with Crippen LogP contribution < -0.4 is 4.90 Å². The molecule has 1 aliphatic heterocycles. The van der Waals surface area contributed by atoms with Crippen molar-refractivity contribution in [1.82, 2.24) is 0 Å². The van der Waals surface area contributed by atoms with Crippen LogP contribution in [0.2, 0.25) is 0 Å². The summed E-state index contributed by atoms with van der Waals surface area (Å²) in [5.74, 6) is -2.70. The fourth-order valence-electron chi connectivity index (χ4n) is 2.19. The zero-order valence-corrected chi connectivity index (χ0v) is 10.5. The number of hydrogen-bond donors (Lipinski definition) is 2. The molecule has 0 aliphatic carbocycles. The van der Waals surface area contributed by atoms with E-state index in [-0.39, 0.29) is 28.1 Å². The van der Waals surface area contributed by atoms with Gasteiger partial charge in [-0.3, -0.25) is 9.59 Å². The van der Waals surface area contributed by atoms with Crippen LogP contribution in [0.4, 0.5) is 5.69 Å². The number of carboxylic acids is 1. The number of anilines is 1. The third-order valence-corrected chi connectivity index (χ3v) is 3.19. The van der Waals surface area contributed by atoms with Crippen molar-refractivity contribution in [1.29, 1.82) is 0 Å². The van der Waals surface area contributed by atoms with E-state index in [0.29, 0.717) is 0 Å². The summed E-state index contributed by atoms with van der Waals surface area (Å²) in [6.45, 7) is 0.